The predicted octanol–water partition coefficient (Wildman–Crippen LogP) is -4.44. The molecular formula is C2H9NaO8P2. The molecule has 0 unspecified atom stereocenters. The van der Waals surface area contributed by atoms with Crippen molar-refractivity contribution in [3.8, 4) is 0 Å². The first-order valence-corrected chi connectivity index (χ1v) is 5.59. The molecule has 0 atom stereocenters. The summed E-state index contributed by atoms with van der Waals surface area (Å²) >= 11 is 0. The Morgan fingerprint density at radius 3 is 1.46 bits per heavy atom. The van der Waals surface area contributed by atoms with Gasteiger partial charge in [-0.15, -0.1) is 0 Å². The molecule has 0 aromatic heterocycles. The van der Waals surface area contributed by atoms with Gasteiger partial charge in [-0.3, -0.25) is 9.09 Å². The summed E-state index contributed by atoms with van der Waals surface area (Å²) in [5.41, 5.74) is 0. The van der Waals surface area contributed by atoms with E-state index in [2.05, 4.69) is 4.52 Å². The van der Waals surface area contributed by atoms with Crippen molar-refractivity contribution in [3.63, 3.8) is 0 Å². The minimum Gasteiger partial charge on any atom is -0.756 e. The molecule has 0 aromatic carbocycles. The Balaban J connectivity index is -0.000000150. The van der Waals surface area contributed by atoms with Crippen molar-refractivity contribution >= 4 is 15.6 Å². The molecule has 4 N–H and O–H groups in total. The summed E-state index contributed by atoms with van der Waals surface area (Å²) in [6.45, 7) is 1.56. The fraction of sp³-hybridized carbons (Fsp3) is 1.00. The second-order valence-electron chi connectivity index (χ2n) is 1.40. The molecule has 0 aliphatic heterocycles. The number of rotatable bonds is 2. The Morgan fingerprint density at radius 1 is 1.23 bits per heavy atom. The molecule has 0 saturated heterocycles. The Morgan fingerprint density at radius 2 is 1.46 bits per heavy atom. The first kappa shape index (κ1) is 19.7. The van der Waals surface area contributed by atoms with E-state index in [0.29, 0.717) is 0 Å². The Labute approximate surface area is 96.7 Å². The van der Waals surface area contributed by atoms with Gasteiger partial charge in [0.05, 0.1) is 6.61 Å². The van der Waals surface area contributed by atoms with Crippen LogP contribution < -0.4 is 34.5 Å². The summed E-state index contributed by atoms with van der Waals surface area (Å²) in [5, 5.41) is 0. The molecule has 0 spiro atoms. The standard InChI is InChI=1S/C2H7O4P.Na.H3O4P/c1-2-6-7(3,4)5;;1-5(2,3)4/h2H2,1H3,(H2,3,4,5);;(H3,1,2,3,4)/q;+1;/p-1. The van der Waals surface area contributed by atoms with Crippen LogP contribution in [0.3, 0.4) is 0 Å². The van der Waals surface area contributed by atoms with Crippen molar-refractivity contribution in [2.24, 2.45) is 0 Å². The van der Waals surface area contributed by atoms with Crippen LogP contribution in [-0.4, -0.2) is 26.2 Å². The maximum Gasteiger partial charge on any atom is 1.00 e. The fourth-order valence-corrected chi connectivity index (χ4v) is 0.505. The molecule has 0 heterocycles. The van der Waals surface area contributed by atoms with E-state index in [1.165, 1.54) is 6.92 Å². The molecule has 11 heteroatoms. The van der Waals surface area contributed by atoms with E-state index >= 15 is 0 Å². The van der Waals surface area contributed by atoms with Crippen LogP contribution in [0.2, 0.25) is 0 Å². The van der Waals surface area contributed by atoms with Gasteiger partial charge in [-0.2, -0.15) is 0 Å². The van der Waals surface area contributed by atoms with Crippen molar-refractivity contribution < 1.29 is 67.7 Å². The molecule has 0 amide bonds. The van der Waals surface area contributed by atoms with E-state index in [1.54, 1.807) is 0 Å². The van der Waals surface area contributed by atoms with E-state index in [9.17, 15) is 4.57 Å². The predicted molar refractivity (Wildman–Crippen MR) is 35.7 cm³/mol. The molecular weight excluding hydrogens is 237 g/mol. The van der Waals surface area contributed by atoms with Crippen molar-refractivity contribution in [1.29, 1.82) is 0 Å². The van der Waals surface area contributed by atoms with Gasteiger partial charge in [-0.05, 0) is 6.92 Å². The van der Waals surface area contributed by atoms with Crippen molar-refractivity contribution in [1.82, 2.24) is 0 Å². The van der Waals surface area contributed by atoms with Crippen LogP contribution in [0.5, 0.6) is 0 Å². The van der Waals surface area contributed by atoms with Crippen LogP contribution in [0.25, 0.3) is 0 Å². The normalized spacial score (nSPS) is 10.9. The zero-order valence-electron chi connectivity index (χ0n) is 7.02. The molecule has 76 valence electrons. The SMILES string of the molecule is CCOP(=O)(O)O.O=P([O-])(O)O.[Na+]. The summed E-state index contributed by atoms with van der Waals surface area (Å²) in [5.74, 6) is 0. The van der Waals surface area contributed by atoms with Gasteiger partial charge in [-0.1, -0.05) is 0 Å². The van der Waals surface area contributed by atoms with Gasteiger partial charge in [-0.25, -0.2) is 4.57 Å². The van der Waals surface area contributed by atoms with E-state index in [0.717, 1.165) is 0 Å². The first-order valence-electron chi connectivity index (χ1n) is 2.53. The van der Waals surface area contributed by atoms with Crippen molar-refractivity contribution in [2.75, 3.05) is 6.61 Å². The van der Waals surface area contributed by atoms with Gasteiger partial charge in [0, 0.05) is 0 Å². The van der Waals surface area contributed by atoms with E-state index in [-0.39, 0.29) is 36.2 Å². The summed E-state index contributed by atoms with van der Waals surface area (Å²) in [6.07, 6.45) is 0. The summed E-state index contributed by atoms with van der Waals surface area (Å²) in [6, 6.07) is 0. The number of hydrogen-bond acceptors (Lipinski definition) is 4. The molecule has 0 aliphatic rings. The van der Waals surface area contributed by atoms with Gasteiger partial charge in [0.25, 0.3) is 7.82 Å². The van der Waals surface area contributed by atoms with E-state index < -0.39 is 15.6 Å². The third-order valence-electron chi connectivity index (χ3n) is 0.297. The minimum atomic E-state index is -4.89. The van der Waals surface area contributed by atoms with Gasteiger partial charge in [0.1, 0.15) is 0 Å². The Kier molecular flexibility index (Phi) is 12.9. The fourth-order valence-electron chi connectivity index (χ4n) is 0.168. The molecule has 0 radical (unpaired) electrons. The maximum absolute atomic E-state index is 9.70. The number of phosphoric acid groups is 2. The average molecular weight is 246 g/mol. The summed E-state index contributed by atoms with van der Waals surface area (Å²) in [7, 11) is -9.05. The second-order valence-corrected chi connectivity index (χ2v) is 3.62. The van der Waals surface area contributed by atoms with Crippen molar-refractivity contribution in [2.45, 2.75) is 6.92 Å². The Hall–Kier alpha value is 1.22. The minimum absolute atomic E-state index is 0. The van der Waals surface area contributed by atoms with Crippen LogP contribution in [0.1, 0.15) is 6.92 Å². The zero-order valence-corrected chi connectivity index (χ0v) is 10.8. The molecule has 8 nitrogen and oxygen atoms in total. The largest absolute Gasteiger partial charge is 1.00 e. The third-order valence-corrected chi connectivity index (χ3v) is 0.892. The molecule has 0 saturated carbocycles. The quantitative estimate of drug-likeness (QED) is 0.282. The monoisotopic (exact) mass is 246 g/mol. The summed E-state index contributed by atoms with van der Waals surface area (Å²) in [4.78, 5) is 38.7. The van der Waals surface area contributed by atoms with Crippen LogP contribution in [0, 0.1) is 0 Å². The topological polar surface area (TPSA) is 147 Å². The first-order chi connectivity index (χ1) is 5.06. The van der Waals surface area contributed by atoms with Gasteiger partial charge >= 0.3 is 37.4 Å². The molecule has 0 aliphatic carbocycles. The number of phosphoric ester groups is 1. The maximum atomic E-state index is 9.70. The Bertz CT molecular complexity index is 184. The van der Waals surface area contributed by atoms with Gasteiger partial charge in [0.2, 0.25) is 0 Å². The average Bonchev–Trinajstić information content (AvgIpc) is 1.54. The van der Waals surface area contributed by atoms with Crippen LogP contribution in [0.4, 0.5) is 0 Å². The third kappa shape index (κ3) is 61.1. The molecule has 0 bridgehead atoms. The van der Waals surface area contributed by atoms with Crippen LogP contribution >= 0.6 is 15.6 Å². The van der Waals surface area contributed by atoms with Crippen LogP contribution in [0.15, 0.2) is 0 Å². The van der Waals surface area contributed by atoms with Gasteiger partial charge < -0.3 is 24.5 Å². The second kappa shape index (κ2) is 8.52. The summed E-state index contributed by atoms with van der Waals surface area (Å²) < 4.78 is 22.4. The number of hydrogen-bond donors (Lipinski definition) is 4. The molecule has 0 aromatic rings. The molecule has 0 fully saturated rings. The molecule has 13 heavy (non-hydrogen) atoms. The van der Waals surface area contributed by atoms with E-state index in [1.807, 2.05) is 0 Å². The zero-order chi connectivity index (χ0) is 10.4. The van der Waals surface area contributed by atoms with Crippen LogP contribution in [-0.2, 0) is 13.7 Å². The van der Waals surface area contributed by atoms with Crippen molar-refractivity contribution in [3.05, 3.63) is 0 Å². The van der Waals surface area contributed by atoms with E-state index in [4.69, 9.17) is 29.0 Å². The smallest absolute Gasteiger partial charge is 0.756 e. The van der Waals surface area contributed by atoms with Gasteiger partial charge in [0.15, 0.2) is 0 Å². The molecule has 0 rings (SSSR count).